The molecular formula is C20H20N4O3S. The second-order valence-electron chi connectivity index (χ2n) is 6.83. The summed E-state index contributed by atoms with van der Waals surface area (Å²) in [5, 5.41) is 11.0. The Morgan fingerprint density at radius 3 is 2.82 bits per heavy atom. The van der Waals surface area contributed by atoms with Gasteiger partial charge in [-0.15, -0.1) is 11.3 Å². The number of carbonyl (C=O) groups is 1. The SMILES string of the molecule is Cc1noc(C)c1COC(=O)c1cc(-c2cccs2)nc2c1cnn2C(C)C. The number of aryl methyl sites for hydroxylation is 2. The minimum Gasteiger partial charge on any atom is -0.457 e. The van der Waals surface area contributed by atoms with Crippen LogP contribution in [0.25, 0.3) is 21.6 Å². The lowest BCUT2D eigenvalue weighted by atomic mass is 10.1. The van der Waals surface area contributed by atoms with Gasteiger partial charge in [-0.3, -0.25) is 0 Å². The largest absolute Gasteiger partial charge is 0.457 e. The number of esters is 1. The van der Waals surface area contributed by atoms with E-state index < -0.39 is 5.97 Å². The predicted octanol–water partition coefficient (Wildman–Crippen LogP) is 4.70. The summed E-state index contributed by atoms with van der Waals surface area (Å²) >= 11 is 1.57. The normalized spacial score (nSPS) is 11.5. The van der Waals surface area contributed by atoms with Gasteiger partial charge in [0.15, 0.2) is 5.65 Å². The van der Waals surface area contributed by atoms with E-state index in [1.165, 1.54) is 0 Å². The van der Waals surface area contributed by atoms with Crippen molar-refractivity contribution in [2.75, 3.05) is 0 Å². The Hall–Kier alpha value is -3.00. The van der Waals surface area contributed by atoms with Gasteiger partial charge >= 0.3 is 5.97 Å². The highest BCUT2D eigenvalue weighted by Gasteiger charge is 2.21. The average Bonchev–Trinajstić information content (AvgIpc) is 3.40. The summed E-state index contributed by atoms with van der Waals surface area (Å²) in [5.74, 6) is 0.227. The Bertz CT molecular complexity index is 1120. The van der Waals surface area contributed by atoms with Gasteiger partial charge in [0.1, 0.15) is 12.4 Å². The molecule has 0 saturated carbocycles. The van der Waals surface area contributed by atoms with E-state index in [2.05, 4.69) is 10.3 Å². The maximum absolute atomic E-state index is 12.9. The number of pyridine rings is 1. The molecule has 8 heteroatoms. The summed E-state index contributed by atoms with van der Waals surface area (Å²) in [6, 6.07) is 5.83. The second-order valence-corrected chi connectivity index (χ2v) is 7.78. The van der Waals surface area contributed by atoms with E-state index in [9.17, 15) is 4.79 Å². The zero-order chi connectivity index (χ0) is 19.8. The molecule has 0 amide bonds. The molecule has 0 unspecified atom stereocenters. The van der Waals surface area contributed by atoms with Gasteiger partial charge < -0.3 is 9.26 Å². The molecule has 0 saturated heterocycles. The van der Waals surface area contributed by atoms with Crippen LogP contribution in [-0.2, 0) is 11.3 Å². The second kappa shape index (κ2) is 7.20. The van der Waals surface area contributed by atoms with Crippen LogP contribution in [0.4, 0.5) is 0 Å². The van der Waals surface area contributed by atoms with Gasteiger partial charge in [0, 0.05) is 6.04 Å². The number of hydrogen-bond acceptors (Lipinski definition) is 7. The quantitative estimate of drug-likeness (QED) is 0.455. The van der Waals surface area contributed by atoms with E-state index in [0.717, 1.165) is 21.8 Å². The van der Waals surface area contributed by atoms with E-state index in [-0.39, 0.29) is 12.6 Å². The number of fused-ring (bicyclic) bond motifs is 1. The van der Waals surface area contributed by atoms with Crippen molar-refractivity contribution in [1.29, 1.82) is 0 Å². The molecule has 0 atom stereocenters. The zero-order valence-electron chi connectivity index (χ0n) is 16.1. The van der Waals surface area contributed by atoms with Crippen LogP contribution in [0.1, 0.15) is 47.3 Å². The van der Waals surface area contributed by atoms with Crippen LogP contribution in [0.15, 0.2) is 34.3 Å². The van der Waals surface area contributed by atoms with Gasteiger partial charge in [0.25, 0.3) is 0 Å². The van der Waals surface area contributed by atoms with Crippen molar-refractivity contribution in [2.24, 2.45) is 0 Å². The molecule has 0 aromatic carbocycles. The monoisotopic (exact) mass is 396 g/mol. The van der Waals surface area contributed by atoms with Crippen LogP contribution < -0.4 is 0 Å². The first-order valence-corrected chi connectivity index (χ1v) is 9.84. The summed E-state index contributed by atoms with van der Waals surface area (Å²) in [6.07, 6.45) is 1.67. The number of ether oxygens (including phenoxy) is 1. The first-order valence-electron chi connectivity index (χ1n) is 8.96. The lowest BCUT2D eigenvalue weighted by Gasteiger charge is -2.10. The van der Waals surface area contributed by atoms with E-state index >= 15 is 0 Å². The molecule has 0 spiro atoms. The molecule has 7 nitrogen and oxygen atoms in total. The molecule has 0 aliphatic heterocycles. The number of nitrogens with zero attached hydrogens (tertiary/aromatic N) is 4. The van der Waals surface area contributed by atoms with Crippen LogP contribution in [0.2, 0.25) is 0 Å². The van der Waals surface area contributed by atoms with Crippen molar-refractivity contribution in [3.8, 4) is 10.6 Å². The molecule has 4 aromatic heterocycles. The van der Waals surface area contributed by atoms with Gasteiger partial charge in [0.05, 0.1) is 39.0 Å². The van der Waals surface area contributed by atoms with Crippen LogP contribution in [0, 0.1) is 13.8 Å². The third kappa shape index (κ3) is 3.20. The standard InChI is InChI=1S/C20H20N4O3S/c1-11(2)24-19-15(9-21-24)14(8-17(22-19)18-6-5-7-28-18)20(25)26-10-16-12(3)23-27-13(16)4/h5-9,11H,10H2,1-4H3. The summed E-state index contributed by atoms with van der Waals surface area (Å²) in [6.45, 7) is 7.79. The van der Waals surface area contributed by atoms with E-state index in [1.54, 1.807) is 30.5 Å². The van der Waals surface area contributed by atoms with Crippen LogP contribution in [0.3, 0.4) is 0 Å². The third-order valence-electron chi connectivity index (χ3n) is 4.58. The van der Waals surface area contributed by atoms with Gasteiger partial charge in [0.2, 0.25) is 0 Å². The van der Waals surface area contributed by atoms with Gasteiger partial charge in [-0.2, -0.15) is 5.10 Å². The topological polar surface area (TPSA) is 83.0 Å². The maximum atomic E-state index is 12.9. The summed E-state index contributed by atoms with van der Waals surface area (Å²) in [4.78, 5) is 18.7. The number of aromatic nitrogens is 4. The molecule has 0 fully saturated rings. The molecule has 28 heavy (non-hydrogen) atoms. The average molecular weight is 396 g/mol. The first-order chi connectivity index (χ1) is 13.5. The van der Waals surface area contributed by atoms with Gasteiger partial charge in [-0.1, -0.05) is 11.2 Å². The molecule has 4 rings (SSSR count). The minimum atomic E-state index is -0.423. The molecule has 144 valence electrons. The Balaban J connectivity index is 1.75. The van der Waals surface area contributed by atoms with E-state index in [1.807, 2.05) is 43.0 Å². The van der Waals surface area contributed by atoms with Crippen LogP contribution in [0.5, 0.6) is 0 Å². The summed E-state index contributed by atoms with van der Waals surface area (Å²) in [5.41, 5.74) is 3.36. The predicted molar refractivity (Wildman–Crippen MR) is 106 cm³/mol. The Kier molecular flexibility index (Phi) is 4.72. The lowest BCUT2D eigenvalue weighted by Crippen LogP contribution is -2.09. The molecule has 0 aliphatic rings. The summed E-state index contributed by atoms with van der Waals surface area (Å²) < 4.78 is 12.5. The Labute approximate surface area is 165 Å². The van der Waals surface area contributed by atoms with E-state index in [0.29, 0.717) is 22.4 Å². The highest BCUT2D eigenvalue weighted by molar-refractivity contribution is 7.13. The van der Waals surface area contributed by atoms with Crippen molar-refractivity contribution in [3.63, 3.8) is 0 Å². The molecule has 0 radical (unpaired) electrons. The molecular weight excluding hydrogens is 376 g/mol. The summed E-state index contributed by atoms with van der Waals surface area (Å²) in [7, 11) is 0. The Morgan fingerprint density at radius 2 is 2.18 bits per heavy atom. The Morgan fingerprint density at radius 1 is 1.36 bits per heavy atom. The van der Waals surface area contributed by atoms with Crippen molar-refractivity contribution >= 4 is 28.3 Å². The molecule has 0 N–H and O–H groups in total. The fourth-order valence-corrected chi connectivity index (χ4v) is 3.72. The fourth-order valence-electron chi connectivity index (χ4n) is 3.04. The minimum absolute atomic E-state index is 0.108. The van der Waals surface area contributed by atoms with Crippen molar-refractivity contribution in [1.82, 2.24) is 19.9 Å². The van der Waals surface area contributed by atoms with Gasteiger partial charge in [-0.05, 0) is 45.2 Å². The smallest absolute Gasteiger partial charge is 0.339 e. The molecule has 0 aliphatic carbocycles. The fraction of sp³-hybridized carbons (Fsp3) is 0.300. The number of hydrogen-bond donors (Lipinski definition) is 0. The highest BCUT2D eigenvalue weighted by Crippen LogP contribution is 2.29. The van der Waals surface area contributed by atoms with Crippen molar-refractivity contribution in [2.45, 2.75) is 40.3 Å². The lowest BCUT2D eigenvalue weighted by molar-refractivity contribution is 0.0473. The van der Waals surface area contributed by atoms with E-state index in [4.69, 9.17) is 14.2 Å². The highest BCUT2D eigenvalue weighted by atomic mass is 32.1. The third-order valence-corrected chi connectivity index (χ3v) is 5.47. The van der Waals surface area contributed by atoms with Gasteiger partial charge in [-0.25, -0.2) is 14.5 Å². The number of rotatable bonds is 5. The first kappa shape index (κ1) is 18.4. The maximum Gasteiger partial charge on any atom is 0.339 e. The van der Waals surface area contributed by atoms with Crippen LogP contribution >= 0.6 is 11.3 Å². The van der Waals surface area contributed by atoms with Crippen molar-refractivity contribution in [3.05, 3.63) is 52.4 Å². The number of thiophene rings is 1. The van der Waals surface area contributed by atoms with Crippen LogP contribution in [-0.4, -0.2) is 25.9 Å². The molecule has 4 heterocycles. The van der Waals surface area contributed by atoms with Crippen molar-refractivity contribution < 1.29 is 14.1 Å². The molecule has 4 aromatic rings. The molecule has 0 bridgehead atoms. The number of carbonyl (C=O) groups excluding carboxylic acids is 1. The zero-order valence-corrected chi connectivity index (χ0v) is 16.9.